The molecular weight excluding hydrogens is 258 g/mol. The summed E-state index contributed by atoms with van der Waals surface area (Å²) in [6, 6.07) is 13.2. The number of hydrogen-bond acceptors (Lipinski definition) is 3. The smallest absolute Gasteiger partial charge is 0.133 e. The molecule has 0 aliphatic heterocycles. The topological polar surface area (TPSA) is 39.1 Å². The summed E-state index contributed by atoms with van der Waals surface area (Å²) >= 11 is 0. The molecule has 0 aliphatic rings. The van der Waals surface area contributed by atoms with E-state index < -0.39 is 5.54 Å². The van der Waals surface area contributed by atoms with Crippen LogP contribution in [0.25, 0.3) is 0 Å². The molecule has 116 valence electrons. The molecule has 0 fully saturated rings. The quantitative estimate of drug-likeness (QED) is 0.755. The molecule has 0 aliphatic carbocycles. The average Bonchev–Trinajstić information content (AvgIpc) is 2.55. The van der Waals surface area contributed by atoms with Crippen LogP contribution in [0.4, 0.5) is 0 Å². The third-order valence-corrected chi connectivity index (χ3v) is 4.32. The Morgan fingerprint density at radius 2 is 1.95 bits per heavy atom. The molecule has 0 radical (unpaired) electrons. The molecule has 0 bridgehead atoms. The molecular formula is C18H29N3. The van der Waals surface area contributed by atoms with Gasteiger partial charge in [0.2, 0.25) is 0 Å². The van der Waals surface area contributed by atoms with Crippen LogP contribution in [0.5, 0.6) is 0 Å². The molecule has 1 aromatic rings. The maximum absolute atomic E-state index is 9.83. The van der Waals surface area contributed by atoms with Crippen molar-refractivity contribution in [2.45, 2.75) is 51.6 Å². The fourth-order valence-corrected chi connectivity index (χ4v) is 2.43. The van der Waals surface area contributed by atoms with Crippen LogP contribution >= 0.6 is 0 Å². The standard InChI is InChI=1S/C18H29N3/c1-5-13-20-18(15-19,17-10-8-7-9-11-17)12-14-21(4)16(3)6-2/h7-11,16,20H,5-6,12-14H2,1-4H3. The van der Waals surface area contributed by atoms with Crippen LogP contribution in [-0.2, 0) is 5.54 Å². The van der Waals surface area contributed by atoms with Gasteiger partial charge in [-0.1, -0.05) is 44.2 Å². The van der Waals surface area contributed by atoms with Crippen LogP contribution < -0.4 is 5.32 Å². The first-order valence-electron chi connectivity index (χ1n) is 8.01. The Kier molecular flexibility index (Phi) is 7.42. The Labute approximate surface area is 130 Å². The molecule has 0 amide bonds. The lowest BCUT2D eigenvalue weighted by Gasteiger charge is -2.32. The van der Waals surface area contributed by atoms with Crippen molar-refractivity contribution >= 4 is 0 Å². The molecule has 1 rings (SSSR count). The predicted molar refractivity (Wildman–Crippen MR) is 89.0 cm³/mol. The molecule has 0 spiro atoms. The average molecular weight is 287 g/mol. The van der Waals surface area contributed by atoms with Crippen LogP contribution in [0.2, 0.25) is 0 Å². The molecule has 0 heterocycles. The summed E-state index contributed by atoms with van der Waals surface area (Å²) in [6.07, 6.45) is 2.95. The first-order valence-corrected chi connectivity index (χ1v) is 8.01. The molecule has 21 heavy (non-hydrogen) atoms. The number of hydrogen-bond donors (Lipinski definition) is 1. The Balaban J connectivity index is 2.89. The second kappa shape index (κ2) is 8.81. The predicted octanol–water partition coefficient (Wildman–Crippen LogP) is 3.53. The fraction of sp³-hybridized carbons (Fsp3) is 0.611. The van der Waals surface area contributed by atoms with Gasteiger partial charge in [-0.2, -0.15) is 5.26 Å². The minimum absolute atomic E-state index is 0.545. The lowest BCUT2D eigenvalue weighted by Crippen LogP contribution is -2.44. The van der Waals surface area contributed by atoms with Crippen molar-refractivity contribution in [1.29, 1.82) is 5.26 Å². The zero-order valence-electron chi connectivity index (χ0n) is 13.9. The summed E-state index contributed by atoms with van der Waals surface area (Å²) in [4.78, 5) is 2.34. The summed E-state index contributed by atoms with van der Waals surface area (Å²) in [6.45, 7) is 8.33. The van der Waals surface area contributed by atoms with Gasteiger partial charge in [-0.05, 0) is 45.3 Å². The van der Waals surface area contributed by atoms with Crippen molar-refractivity contribution < 1.29 is 0 Å². The Morgan fingerprint density at radius 1 is 1.29 bits per heavy atom. The Morgan fingerprint density at radius 3 is 2.48 bits per heavy atom. The van der Waals surface area contributed by atoms with Gasteiger partial charge < -0.3 is 4.90 Å². The van der Waals surface area contributed by atoms with Crippen molar-refractivity contribution in [3.05, 3.63) is 35.9 Å². The normalized spacial score (nSPS) is 15.4. The minimum Gasteiger partial charge on any atom is -0.304 e. The van der Waals surface area contributed by atoms with E-state index >= 15 is 0 Å². The van der Waals surface area contributed by atoms with E-state index in [1.165, 1.54) is 0 Å². The van der Waals surface area contributed by atoms with Gasteiger partial charge in [0, 0.05) is 12.6 Å². The largest absolute Gasteiger partial charge is 0.304 e. The van der Waals surface area contributed by atoms with Gasteiger partial charge >= 0.3 is 0 Å². The summed E-state index contributed by atoms with van der Waals surface area (Å²) in [5.41, 5.74) is 0.484. The summed E-state index contributed by atoms with van der Waals surface area (Å²) in [5, 5.41) is 13.3. The SMILES string of the molecule is CCCNC(C#N)(CCN(C)C(C)CC)c1ccccc1. The second-order valence-corrected chi connectivity index (χ2v) is 5.80. The van der Waals surface area contributed by atoms with Gasteiger partial charge in [0.15, 0.2) is 0 Å². The fourth-order valence-electron chi connectivity index (χ4n) is 2.43. The molecule has 1 N–H and O–H groups in total. The van der Waals surface area contributed by atoms with E-state index in [2.05, 4.69) is 56.2 Å². The van der Waals surface area contributed by atoms with Crippen LogP contribution in [0.15, 0.2) is 30.3 Å². The monoisotopic (exact) mass is 287 g/mol. The molecule has 3 nitrogen and oxygen atoms in total. The number of nitrogens with zero attached hydrogens (tertiary/aromatic N) is 2. The highest BCUT2D eigenvalue weighted by atomic mass is 15.1. The van der Waals surface area contributed by atoms with Gasteiger partial charge in [-0.3, -0.25) is 5.32 Å². The second-order valence-electron chi connectivity index (χ2n) is 5.80. The van der Waals surface area contributed by atoms with Crippen LogP contribution in [0, 0.1) is 11.3 Å². The molecule has 3 heteroatoms. The van der Waals surface area contributed by atoms with E-state index in [0.29, 0.717) is 6.04 Å². The molecule has 0 saturated carbocycles. The van der Waals surface area contributed by atoms with Crippen molar-refractivity contribution in [3.8, 4) is 6.07 Å². The Bertz CT molecular complexity index is 438. The highest BCUT2D eigenvalue weighted by Crippen LogP contribution is 2.25. The van der Waals surface area contributed by atoms with E-state index in [-0.39, 0.29) is 0 Å². The van der Waals surface area contributed by atoms with Crippen LogP contribution in [-0.4, -0.2) is 31.1 Å². The summed E-state index contributed by atoms with van der Waals surface area (Å²) in [7, 11) is 2.14. The zero-order valence-corrected chi connectivity index (χ0v) is 13.9. The van der Waals surface area contributed by atoms with Gasteiger partial charge in [0.25, 0.3) is 0 Å². The number of nitrogens with one attached hydrogen (secondary N) is 1. The first-order chi connectivity index (χ1) is 10.1. The lowest BCUT2D eigenvalue weighted by molar-refractivity contribution is 0.223. The maximum atomic E-state index is 9.83. The lowest BCUT2D eigenvalue weighted by atomic mass is 9.87. The Hall–Kier alpha value is -1.37. The first kappa shape index (κ1) is 17.7. The number of nitriles is 1. The minimum atomic E-state index is -0.584. The van der Waals surface area contributed by atoms with Crippen LogP contribution in [0.3, 0.4) is 0 Å². The van der Waals surface area contributed by atoms with Gasteiger partial charge in [-0.25, -0.2) is 0 Å². The molecule has 2 unspecified atom stereocenters. The molecule has 0 saturated heterocycles. The number of rotatable bonds is 9. The molecule has 2 atom stereocenters. The summed E-state index contributed by atoms with van der Waals surface area (Å²) < 4.78 is 0. The summed E-state index contributed by atoms with van der Waals surface area (Å²) in [5.74, 6) is 0. The van der Waals surface area contributed by atoms with E-state index in [0.717, 1.165) is 37.9 Å². The third-order valence-electron chi connectivity index (χ3n) is 4.32. The van der Waals surface area contributed by atoms with Crippen LogP contribution in [0.1, 0.15) is 45.6 Å². The third kappa shape index (κ3) is 4.84. The van der Waals surface area contributed by atoms with E-state index in [1.54, 1.807) is 0 Å². The van der Waals surface area contributed by atoms with E-state index in [1.807, 2.05) is 18.2 Å². The van der Waals surface area contributed by atoms with Crippen molar-refractivity contribution in [2.24, 2.45) is 0 Å². The molecule has 1 aromatic carbocycles. The highest BCUT2D eigenvalue weighted by molar-refractivity contribution is 5.31. The van der Waals surface area contributed by atoms with E-state index in [4.69, 9.17) is 0 Å². The number of benzene rings is 1. The van der Waals surface area contributed by atoms with Gasteiger partial charge in [0.1, 0.15) is 5.54 Å². The maximum Gasteiger partial charge on any atom is 0.133 e. The zero-order chi connectivity index (χ0) is 15.7. The van der Waals surface area contributed by atoms with Crippen molar-refractivity contribution in [1.82, 2.24) is 10.2 Å². The highest BCUT2D eigenvalue weighted by Gasteiger charge is 2.31. The van der Waals surface area contributed by atoms with Gasteiger partial charge in [-0.15, -0.1) is 0 Å². The molecule has 0 aromatic heterocycles. The van der Waals surface area contributed by atoms with Gasteiger partial charge in [0.05, 0.1) is 6.07 Å². The van der Waals surface area contributed by atoms with Crippen molar-refractivity contribution in [2.75, 3.05) is 20.1 Å². The van der Waals surface area contributed by atoms with Crippen molar-refractivity contribution in [3.63, 3.8) is 0 Å². The van der Waals surface area contributed by atoms with E-state index in [9.17, 15) is 5.26 Å².